The molecule has 0 fully saturated rings. The summed E-state index contributed by atoms with van der Waals surface area (Å²) in [5.41, 5.74) is 3.32. The van der Waals surface area contributed by atoms with Crippen LogP contribution in [0.2, 0.25) is 0 Å². The first kappa shape index (κ1) is 25.6. The van der Waals surface area contributed by atoms with Gasteiger partial charge in [0.2, 0.25) is 0 Å². The van der Waals surface area contributed by atoms with Gasteiger partial charge in [0.25, 0.3) is 0 Å². The summed E-state index contributed by atoms with van der Waals surface area (Å²) >= 11 is 11.3. The SMILES string of the molecule is CCCc1cc(OCC=C(Cl)Cl)cc(CC)c1OCCCCCCON=C(C)C. The van der Waals surface area contributed by atoms with Crippen molar-refractivity contribution in [2.75, 3.05) is 19.8 Å². The van der Waals surface area contributed by atoms with Gasteiger partial charge in [-0.1, -0.05) is 48.6 Å². The van der Waals surface area contributed by atoms with Gasteiger partial charge in [0.15, 0.2) is 0 Å². The third-order valence-corrected chi connectivity index (χ3v) is 4.54. The Bertz CT molecular complexity index is 652. The van der Waals surface area contributed by atoms with E-state index in [1.165, 1.54) is 11.1 Å². The summed E-state index contributed by atoms with van der Waals surface area (Å²) < 4.78 is 12.2. The minimum atomic E-state index is 0.217. The maximum atomic E-state index is 6.21. The lowest BCUT2D eigenvalue weighted by molar-refractivity contribution is 0.139. The Morgan fingerprint density at radius 2 is 1.66 bits per heavy atom. The topological polar surface area (TPSA) is 40.0 Å². The maximum absolute atomic E-state index is 6.21. The number of halogens is 2. The van der Waals surface area contributed by atoms with Gasteiger partial charge in [-0.05, 0) is 81.7 Å². The fourth-order valence-electron chi connectivity index (χ4n) is 2.88. The first-order chi connectivity index (χ1) is 14.0. The van der Waals surface area contributed by atoms with Crippen LogP contribution in [-0.4, -0.2) is 25.5 Å². The van der Waals surface area contributed by atoms with Crippen molar-refractivity contribution in [1.82, 2.24) is 0 Å². The monoisotopic (exact) mass is 443 g/mol. The molecule has 0 saturated carbocycles. The quantitative estimate of drug-likeness (QED) is 0.162. The van der Waals surface area contributed by atoms with E-state index in [-0.39, 0.29) is 4.49 Å². The number of benzene rings is 1. The second kappa shape index (κ2) is 15.4. The highest BCUT2D eigenvalue weighted by atomic mass is 35.5. The number of oxime groups is 1. The minimum Gasteiger partial charge on any atom is -0.493 e. The molecule has 0 aromatic heterocycles. The molecule has 0 radical (unpaired) electrons. The van der Waals surface area contributed by atoms with Crippen molar-refractivity contribution in [3.8, 4) is 11.5 Å². The summed E-state index contributed by atoms with van der Waals surface area (Å²) in [6.45, 7) is 9.92. The molecular weight excluding hydrogens is 409 g/mol. The molecule has 0 bridgehead atoms. The number of hydrogen-bond donors (Lipinski definition) is 0. The highest BCUT2D eigenvalue weighted by Gasteiger charge is 2.12. The van der Waals surface area contributed by atoms with Crippen molar-refractivity contribution < 1.29 is 14.3 Å². The molecule has 0 aliphatic rings. The highest BCUT2D eigenvalue weighted by molar-refractivity contribution is 6.55. The molecule has 29 heavy (non-hydrogen) atoms. The second-order valence-corrected chi connectivity index (χ2v) is 8.12. The van der Waals surface area contributed by atoms with E-state index in [9.17, 15) is 0 Å². The predicted molar refractivity (Wildman–Crippen MR) is 124 cm³/mol. The Hall–Kier alpha value is -1.39. The van der Waals surface area contributed by atoms with E-state index < -0.39 is 0 Å². The smallest absolute Gasteiger partial charge is 0.125 e. The Labute approximate surface area is 186 Å². The lowest BCUT2D eigenvalue weighted by Gasteiger charge is -2.17. The van der Waals surface area contributed by atoms with Crippen molar-refractivity contribution >= 4 is 28.9 Å². The maximum Gasteiger partial charge on any atom is 0.125 e. The molecule has 0 heterocycles. The summed E-state index contributed by atoms with van der Waals surface area (Å²) in [6.07, 6.45) is 8.83. The van der Waals surface area contributed by atoms with Crippen molar-refractivity contribution in [3.63, 3.8) is 0 Å². The van der Waals surface area contributed by atoms with Gasteiger partial charge >= 0.3 is 0 Å². The molecule has 0 amide bonds. The lowest BCUT2D eigenvalue weighted by Crippen LogP contribution is -2.05. The van der Waals surface area contributed by atoms with E-state index in [0.717, 1.165) is 68.8 Å². The molecule has 6 heteroatoms. The van der Waals surface area contributed by atoms with Crippen LogP contribution in [0, 0.1) is 0 Å². The zero-order chi connectivity index (χ0) is 21.5. The van der Waals surface area contributed by atoms with Crippen molar-refractivity contribution in [2.45, 2.75) is 72.6 Å². The van der Waals surface area contributed by atoms with Gasteiger partial charge in [0.05, 0.1) is 12.3 Å². The van der Waals surface area contributed by atoms with E-state index >= 15 is 0 Å². The number of aryl methyl sites for hydroxylation is 2. The van der Waals surface area contributed by atoms with Crippen molar-refractivity contribution in [3.05, 3.63) is 33.8 Å². The third kappa shape index (κ3) is 11.4. The molecule has 0 atom stereocenters. The van der Waals surface area contributed by atoms with Crippen LogP contribution in [0.15, 0.2) is 27.9 Å². The molecule has 0 N–H and O–H groups in total. The van der Waals surface area contributed by atoms with Gasteiger partial charge < -0.3 is 14.3 Å². The van der Waals surface area contributed by atoms with Crippen LogP contribution in [0.5, 0.6) is 11.5 Å². The average Bonchev–Trinajstić information content (AvgIpc) is 2.67. The Morgan fingerprint density at radius 3 is 2.28 bits per heavy atom. The van der Waals surface area contributed by atoms with Crippen LogP contribution in [0.1, 0.15) is 70.9 Å². The van der Waals surface area contributed by atoms with Crippen LogP contribution in [0.3, 0.4) is 0 Å². The number of hydrogen-bond acceptors (Lipinski definition) is 4. The Kier molecular flexibility index (Phi) is 13.7. The molecule has 0 aliphatic carbocycles. The molecule has 0 spiro atoms. The Balaban J connectivity index is 2.56. The zero-order valence-electron chi connectivity index (χ0n) is 18.2. The number of nitrogens with zero attached hydrogens (tertiary/aromatic N) is 1. The molecule has 1 rings (SSSR count). The molecule has 164 valence electrons. The fraction of sp³-hybridized carbons (Fsp3) is 0.609. The normalized spacial score (nSPS) is 10.4. The van der Waals surface area contributed by atoms with E-state index in [0.29, 0.717) is 13.2 Å². The van der Waals surface area contributed by atoms with Crippen molar-refractivity contribution in [1.29, 1.82) is 0 Å². The minimum absolute atomic E-state index is 0.217. The molecule has 4 nitrogen and oxygen atoms in total. The van der Waals surface area contributed by atoms with Crippen LogP contribution < -0.4 is 9.47 Å². The van der Waals surface area contributed by atoms with Crippen LogP contribution in [0.25, 0.3) is 0 Å². The standard InChI is InChI=1S/C23H35Cl2NO3/c1-5-11-20-17-21(27-15-12-22(24)25)16-19(6-2)23(20)28-13-9-7-8-10-14-29-26-18(3)4/h12,16-17H,5-11,13-15H2,1-4H3. The molecule has 0 aliphatic heterocycles. The van der Waals surface area contributed by atoms with E-state index in [1.807, 2.05) is 13.8 Å². The lowest BCUT2D eigenvalue weighted by atomic mass is 10.0. The van der Waals surface area contributed by atoms with Gasteiger partial charge in [0, 0.05) is 0 Å². The molecule has 1 aromatic carbocycles. The van der Waals surface area contributed by atoms with Gasteiger partial charge in [-0.25, -0.2) is 0 Å². The van der Waals surface area contributed by atoms with Crippen LogP contribution in [-0.2, 0) is 17.7 Å². The van der Waals surface area contributed by atoms with Crippen LogP contribution >= 0.6 is 23.2 Å². The van der Waals surface area contributed by atoms with Gasteiger partial charge in [-0.15, -0.1) is 0 Å². The number of ether oxygens (including phenoxy) is 2. The van der Waals surface area contributed by atoms with Crippen molar-refractivity contribution in [2.24, 2.45) is 5.16 Å². The largest absolute Gasteiger partial charge is 0.493 e. The average molecular weight is 444 g/mol. The molecule has 1 aromatic rings. The van der Waals surface area contributed by atoms with E-state index in [4.69, 9.17) is 37.5 Å². The zero-order valence-corrected chi connectivity index (χ0v) is 19.7. The van der Waals surface area contributed by atoms with E-state index in [1.54, 1.807) is 6.08 Å². The molecule has 0 unspecified atom stereocenters. The number of rotatable bonds is 15. The second-order valence-electron chi connectivity index (χ2n) is 7.11. The predicted octanol–water partition coefficient (Wildman–Crippen LogP) is 7.25. The van der Waals surface area contributed by atoms with Gasteiger partial charge in [0.1, 0.15) is 29.2 Å². The van der Waals surface area contributed by atoms with Gasteiger partial charge in [-0.3, -0.25) is 0 Å². The molecular formula is C23H35Cl2NO3. The summed E-state index contributed by atoms with van der Waals surface area (Å²) in [5, 5.41) is 3.94. The summed E-state index contributed by atoms with van der Waals surface area (Å²) in [4.78, 5) is 5.22. The van der Waals surface area contributed by atoms with E-state index in [2.05, 4.69) is 31.1 Å². The summed E-state index contributed by atoms with van der Waals surface area (Å²) in [6, 6.07) is 4.12. The summed E-state index contributed by atoms with van der Waals surface area (Å²) in [5.74, 6) is 1.84. The van der Waals surface area contributed by atoms with Gasteiger partial charge in [-0.2, -0.15) is 0 Å². The number of unbranched alkanes of at least 4 members (excludes halogenated alkanes) is 3. The first-order valence-electron chi connectivity index (χ1n) is 10.5. The third-order valence-electron chi connectivity index (χ3n) is 4.23. The fourth-order valence-corrected chi connectivity index (χ4v) is 3.01. The highest BCUT2D eigenvalue weighted by Crippen LogP contribution is 2.31. The Morgan fingerprint density at radius 1 is 0.966 bits per heavy atom. The molecule has 0 saturated heterocycles. The van der Waals surface area contributed by atoms with Crippen LogP contribution in [0.4, 0.5) is 0 Å². The first-order valence-corrected chi connectivity index (χ1v) is 11.3. The summed E-state index contributed by atoms with van der Waals surface area (Å²) in [7, 11) is 0.